The van der Waals surface area contributed by atoms with Crippen LogP contribution in [0.15, 0.2) is 42.5 Å². The lowest BCUT2D eigenvalue weighted by Gasteiger charge is -2.25. The zero-order valence-corrected chi connectivity index (χ0v) is 22.9. The minimum absolute atomic E-state index is 0.0402. The smallest absolute Gasteiger partial charge is 0.253 e. The summed E-state index contributed by atoms with van der Waals surface area (Å²) >= 11 is 0. The van der Waals surface area contributed by atoms with Gasteiger partial charge in [-0.3, -0.25) is 9.59 Å². The number of hydrogen-bond donors (Lipinski definition) is 3. The van der Waals surface area contributed by atoms with Crippen LogP contribution in [0.2, 0.25) is 0 Å². The van der Waals surface area contributed by atoms with E-state index >= 15 is 0 Å². The van der Waals surface area contributed by atoms with Crippen LogP contribution in [0.1, 0.15) is 85.6 Å². The molecule has 6 nitrogen and oxygen atoms in total. The zero-order valence-electron chi connectivity index (χ0n) is 22.9. The molecule has 3 N–H and O–H groups in total. The first kappa shape index (κ1) is 31.4. The maximum Gasteiger partial charge on any atom is 0.253 e. The lowest BCUT2D eigenvalue weighted by atomic mass is 9.99. The standard InChI is InChI=1S/C30H43F2N3O3/c1-4-7-8-9-13-33-21-28(36)27(18-22-16-25(31)20-26(32)17-22)34-29(37)23-11-10-12-24(19-23)30(38)35(14-5-2)15-6-3/h10-12,16-17,19-20,27-28,33,36H,4-9,13-15,18,21H2,1-3H3,(H,34,37)/t27-,28-/m0/s1. The summed E-state index contributed by atoms with van der Waals surface area (Å²) in [5.74, 6) is -2.05. The van der Waals surface area contributed by atoms with Crippen LogP contribution in [0, 0.1) is 11.6 Å². The molecule has 2 amide bonds. The van der Waals surface area contributed by atoms with Crippen molar-refractivity contribution in [2.24, 2.45) is 0 Å². The molecule has 0 aliphatic rings. The van der Waals surface area contributed by atoms with Crippen LogP contribution in [-0.2, 0) is 6.42 Å². The van der Waals surface area contributed by atoms with Gasteiger partial charge in [-0.15, -0.1) is 0 Å². The van der Waals surface area contributed by atoms with Crippen LogP contribution in [0.25, 0.3) is 0 Å². The first-order valence-electron chi connectivity index (χ1n) is 13.8. The second-order valence-electron chi connectivity index (χ2n) is 9.77. The monoisotopic (exact) mass is 531 g/mol. The van der Waals surface area contributed by atoms with Crippen molar-refractivity contribution < 1.29 is 23.5 Å². The van der Waals surface area contributed by atoms with Crippen LogP contribution in [-0.4, -0.2) is 60.1 Å². The summed E-state index contributed by atoms with van der Waals surface area (Å²) in [6.07, 6.45) is 5.04. The molecule has 0 bridgehead atoms. The molecule has 2 aromatic rings. The highest BCUT2D eigenvalue weighted by Gasteiger charge is 2.24. The van der Waals surface area contributed by atoms with Crippen LogP contribution >= 0.6 is 0 Å². The van der Waals surface area contributed by atoms with Gasteiger partial charge < -0.3 is 20.6 Å². The fourth-order valence-electron chi connectivity index (χ4n) is 4.42. The summed E-state index contributed by atoms with van der Waals surface area (Å²) in [6, 6.07) is 8.87. The highest BCUT2D eigenvalue weighted by molar-refractivity contribution is 5.99. The van der Waals surface area contributed by atoms with Gasteiger partial charge in [0.15, 0.2) is 0 Å². The molecule has 0 saturated heterocycles. The number of carbonyl (C=O) groups is 2. The molecule has 0 heterocycles. The predicted molar refractivity (Wildman–Crippen MR) is 147 cm³/mol. The van der Waals surface area contributed by atoms with E-state index in [2.05, 4.69) is 17.6 Å². The lowest BCUT2D eigenvalue weighted by Crippen LogP contribution is -2.49. The summed E-state index contributed by atoms with van der Waals surface area (Å²) < 4.78 is 27.6. The second kappa shape index (κ2) is 16.9. The number of unbranched alkanes of at least 4 members (excludes halogenated alkanes) is 3. The first-order chi connectivity index (χ1) is 18.3. The van der Waals surface area contributed by atoms with Gasteiger partial charge in [-0.25, -0.2) is 8.78 Å². The molecule has 0 saturated carbocycles. The van der Waals surface area contributed by atoms with Crippen LogP contribution in [0.4, 0.5) is 8.78 Å². The van der Waals surface area contributed by atoms with Crippen molar-refractivity contribution in [3.05, 3.63) is 70.8 Å². The molecule has 2 atom stereocenters. The summed E-state index contributed by atoms with van der Waals surface area (Å²) in [7, 11) is 0. The molecule has 0 aliphatic carbocycles. The van der Waals surface area contributed by atoms with Crippen molar-refractivity contribution in [1.82, 2.24) is 15.5 Å². The van der Waals surface area contributed by atoms with Crippen molar-refractivity contribution in [2.75, 3.05) is 26.2 Å². The van der Waals surface area contributed by atoms with E-state index in [4.69, 9.17) is 0 Å². The van der Waals surface area contributed by atoms with Gasteiger partial charge in [0.2, 0.25) is 0 Å². The number of hydrogen-bond acceptors (Lipinski definition) is 4. The Morgan fingerprint density at radius 2 is 1.55 bits per heavy atom. The zero-order chi connectivity index (χ0) is 27.9. The van der Waals surface area contributed by atoms with Crippen LogP contribution < -0.4 is 10.6 Å². The Morgan fingerprint density at radius 3 is 2.18 bits per heavy atom. The molecule has 0 radical (unpaired) electrons. The van der Waals surface area contributed by atoms with E-state index in [0.717, 1.165) is 51.1 Å². The molecule has 0 aromatic heterocycles. The molecule has 0 fully saturated rings. The Bertz CT molecular complexity index is 992. The van der Waals surface area contributed by atoms with Crippen molar-refractivity contribution in [3.8, 4) is 0 Å². The number of aliphatic hydroxyl groups is 1. The van der Waals surface area contributed by atoms with E-state index in [1.807, 2.05) is 13.8 Å². The summed E-state index contributed by atoms with van der Waals surface area (Å²) in [5.41, 5.74) is 1.02. The average molecular weight is 532 g/mol. The van der Waals surface area contributed by atoms with Crippen molar-refractivity contribution in [2.45, 2.75) is 77.9 Å². The van der Waals surface area contributed by atoms with Crippen molar-refractivity contribution in [1.29, 1.82) is 0 Å². The Hall–Kier alpha value is -2.84. The molecule has 0 spiro atoms. The number of carbonyl (C=O) groups excluding carboxylic acids is 2. The number of halogens is 2. The van der Waals surface area contributed by atoms with Gasteiger partial charge >= 0.3 is 0 Å². The number of nitrogens with one attached hydrogen (secondary N) is 2. The van der Waals surface area contributed by atoms with E-state index in [1.54, 1.807) is 29.2 Å². The third-order valence-electron chi connectivity index (χ3n) is 6.37. The van der Waals surface area contributed by atoms with Crippen molar-refractivity contribution >= 4 is 11.8 Å². The largest absolute Gasteiger partial charge is 0.390 e. The van der Waals surface area contributed by atoms with E-state index in [9.17, 15) is 23.5 Å². The minimum atomic E-state index is -0.995. The molecule has 8 heteroatoms. The summed E-state index contributed by atoms with van der Waals surface area (Å²) in [4.78, 5) is 28.0. The van der Waals surface area contributed by atoms with Crippen molar-refractivity contribution in [3.63, 3.8) is 0 Å². The first-order valence-corrected chi connectivity index (χ1v) is 13.8. The SMILES string of the molecule is CCCCCCNC[C@H](O)[C@H](Cc1cc(F)cc(F)c1)NC(=O)c1cccc(C(=O)N(CCC)CCC)c1. The topological polar surface area (TPSA) is 81.7 Å². The Balaban J connectivity index is 2.17. The van der Waals surface area contributed by atoms with E-state index < -0.39 is 29.7 Å². The molecular formula is C30H43F2N3O3. The molecule has 2 aromatic carbocycles. The number of rotatable bonds is 17. The third-order valence-corrected chi connectivity index (χ3v) is 6.37. The van der Waals surface area contributed by atoms with Gasteiger partial charge in [-0.05, 0) is 68.1 Å². The van der Waals surface area contributed by atoms with Gasteiger partial charge in [0, 0.05) is 36.8 Å². The molecular weight excluding hydrogens is 488 g/mol. The van der Waals surface area contributed by atoms with Gasteiger partial charge in [0.1, 0.15) is 11.6 Å². The quantitative estimate of drug-likeness (QED) is 0.248. The Labute approximate surface area is 225 Å². The fraction of sp³-hybridized carbons (Fsp3) is 0.533. The Morgan fingerprint density at radius 1 is 0.895 bits per heavy atom. The number of nitrogens with zero attached hydrogens (tertiary/aromatic N) is 1. The number of aliphatic hydroxyl groups excluding tert-OH is 1. The molecule has 210 valence electrons. The van der Waals surface area contributed by atoms with Gasteiger partial charge in [-0.2, -0.15) is 0 Å². The molecule has 2 rings (SSSR count). The third kappa shape index (κ3) is 10.5. The van der Waals surface area contributed by atoms with E-state index in [0.29, 0.717) is 24.2 Å². The second-order valence-corrected chi connectivity index (χ2v) is 9.77. The van der Waals surface area contributed by atoms with Gasteiger partial charge in [0.25, 0.3) is 11.8 Å². The number of amides is 2. The predicted octanol–water partition coefficient (Wildman–Crippen LogP) is 5.10. The number of benzene rings is 2. The molecule has 38 heavy (non-hydrogen) atoms. The minimum Gasteiger partial charge on any atom is -0.390 e. The lowest BCUT2D eigenvalue weighted by molar-refractivity contribution is 0.0755. The highest BCUT2D eigenvalue weighted by Crippen LogP contribution is 2.14. The maximum atomic E-state index is 13.8. The average Bonchev–Trinajstić information content (AvgIpc) is 2.89. The van der Waals surface area contributed by atoms with Gasteiger partial charge in [0.05, 0.1) is 12.1 Å². The normalized spacial score (nSPS) is 12.7. The van der Waals surface area contributed by atoms with Crippen LogP contribution in [0.3, 0.4) is 0 Å². The van der Waals surface area contributed by atoms with Gasteiger partial charge in [-0.1, -0.05) is 46.1 Å². The van der Waals surface area contributed by atoms with E-state index in [1.165, 1.54) is 12.1 Å². The summed E-state index contributed by atoms with van der Waals surface area (Å²) in [6.45, 7) is 8.36. The Kier molecular flexibility index (Phi) is 13.9. The van der Waals surface area contributed by atoms with E-state index in [-0.39, 0.29) is 24.4 Å². The fourth-order valence-corrected chi connectivity index (χ4v) is 4.42. The summed E-state index contributed by atoms with van der Waals surface area (Å²) in [5, 5.41) is 17.0. The maximum absolute atomic E-state index is 13.8. The highest BCUT2D eigenvalue weighted by atomic mass is 19.1. The van der Waals surface area contributed by atoms with Crippen LogP contribution in [0.5, 0.6) is 0 Å². The molecule has 0 aliphatic heterocycles. The molecule has 0 unspecified atom stereocenters.